The summed E-state index contributed by atoms with van der Waals surface area (Å²) in [6.45, 7) is -0.288. The van der Waals surface area contributed by atoms with Gasteiger partial charge in [0, 0.05) is 18.6 Å². The highest BCUT2D eigenvalue weighted by molar-refractivity contribution is 5.78. The van der Waals surface area contributed by atoms with Crippen LogP contribution in [0.3, 0.4) is 0 Å². The summed E-state index contributed by atoms with van der Waals surface area (Å²) in [6.07, 6.45) is 4.02. The number of hydrogen-bond donors (Lipinski definition) is 1. The molecule has 3 rings (SSSR count). The average Bonchev–Trinajstić information content (AvgIpc) is 2.62. The van der Waals surface area contributed by atoms with Crippen molar-refractivity contribution in [2.24, 2.45) is 5.92 Å². The van der Waals surface area contributed by atoms with Crippen LogP contribution in [0.1, 0.15) is 25.1 Å². The number of carboxylic acid groups (broad SMARTS) is 1. The lowest BCUT2D eigenvalue weighted by Gasteiger charge is -2.24. The minimum absolute atomic E-state index is 0.288. The summed E-state index contributed by atoms with van der Waals surface area (Å²) in [5.41, 5.74) is 0.639. The summed E-state index contributed by atoms with van der Waals surface area (Å²) in [6, 6.07) is 2.04. The molecule has 2 aromatic rings. The van der Waals surface area contributed by atoms with E-state index in [2.05, 4.69) is 4.98 Å². The predicted molar refractivity (Wildman–Crippen MR) is 68.3 cm³/mol. The smallest absolute Gasteiger partial charge is 0.323 e. The van der Waals surface area contributed by atoms with Crippen LogP contribution in [0.4, 0.5) is 8.78 Å². The van der Waals surface area contributed by atoms with E-state index in [0.29, 0.717) is 29.2 Å². The zero-order chi connectivity index (χ0) is 14.3. The molecule has 0 amide bonds. The van der Waals surface area contributed by atoms with Crippen LogP contribution >= 0.6 is 0 Å². The minimum atomic E-state index is -1.02. The summed E-state index contributed by atoms with van der Waals surface area (Å²) in [7, 11) is 0. The van der Waals surface area contributed by atoms with Crippen LogP contribution in [0.25, 0.3) is 11.0 Å². The molecule has 0 radical (unpaired) electrons. The maximum absolute atomic E-state index is 13.4. The Bertz CT molecular complexity index is 677. The molecule has 0 unspecified atom stereocenters. The fraction of sp³-hybridized carbons (Fsp3) is 0.429. The lowest BCUT2D eigenvalue weighted by molar-refractivity contribution is -0.137. The lowest BCUT2D eigenvalue weighted by atomic mass is 9.83. The molecule has 1 heterocycles. The normalized spacial score (nSPS) is 15.5. The number of aromatic nitrogens is 2. The second kappa shape index (κ2) is 4.85. The maximum Gasteiger partial charge on any atom is 0.323 e. The molecule has 4 nitrogen and oxygen atoms in total. The van der Waals surface area contributed by atoms with Gasteiger partial charge in [0.2, 0.25) is 0 Å². The van der Waals surface area contributed by atoms with Gasteiger partial charge in [-0.15, -0.1) is 0 Å². The summed E-state index contributed by atoms with van der Waals surface area (Å²) >= 11 is 0. The zero-order valence-electron chi connectivity index (χ0n) is 10.8. The Morgan fingerprint density at radius 3 is 2.65 bits per heavy atom. The predicted octanol–water partition coefficient (Wildman–Crippen LogP) is 2.74. The molecule has 0 saturated heterocycles. The number of halogens is 2. The van der Waals surface area contributed by atoms with Gasteiger partial charge in [-0.05, 0) is 5.92 Å². The molecule has 0 atom stereocenters. The van der Waals surface area contributed by atoms with Crippen molar-refractivity contribution in [3.8, 4) is 0 Å². The Morgan fingerprint density at radius 1 is 1.35 bits per heavy atom. The summed E-state index contributed by atoms with van der Waals surface area (Å²) in [5, 5.41) is 8.98. The number of fused-ring (bicyclic) bond motifs is 1. The van der Waals surface area contributed by atoms with Crippen LogP contribution in [-0.2, 0) is 17.8 Å². The number of hydrogen-bond acceptors (Lipinski definition) is 2. The molecular formula is C14H14F2N2O2. The Balaban J connectivity index is 2.08. The summed E-state index contributed by atoms with van der Waals surface area (Å²) < 4.78 is 28.1. The van der Waals surface area contributed by atoms with E-state index in [-0.39, 0.29) is 6.54 Å². The Kier molecular flexibility index (Phi) is 3.16. The molecule has 0 aliphatic heterocycles. The van der Waals surface area contributed by atoms with Crippen LogP contribution in [0, 0.1) is 17.6 Å². The fourth-order valence-corrected chi connectivity index (χ4v) is 2.59. The van der Waals surface area contributed by atoms with Crippen molar-refractivity contribution in [3.05, 3.63) is 29.6 Å². The Morgan fingerprint density at radius 2 is 2.05 bits per heavy atom. The van der Waals surface area contributed by atoms with Crippen LogP contribution in [0.5, 0.6) is 0 Å². The third-order valence-electron chi connectivity index (χ3n) is 3.86. The van der Waals surface area contributed by atoms with Crippen molar-refractivity contribution in [2.75, 3.05) is 0 Å². The highest BCUT2D eigenvalue weighted by atomic mass is 19.2. The van der Waals surface area contributed by atoms with Gasteiger partial charge in [-0.25, -0.2) is 13.8 Å². The molecule has 1 aromatic heterocycles. The van der Waals surface area contributed by atoms with Crippen molar-refractivity contribution in [3.63, 3.8) is 0 Å². The number of benzene rings is 1. The van der Waals surface area contributed by atoms with Gasteiger partial charge in [0.15, 0.2) is 11.6 Å². The first-order valence-electron chi connectivity index (χ1n) is 6.60. The van der Waals surface area contributed by atoms with E-state index >= 15 is 0 Å². The first-order valence-corrected chi connectivity index (χ1v) is 6.60. The molecule has 1 aromatic carbocycles. The minimum Gasteiger partial charge on any atom is -0.480 e. The Labute approximate surface area is 114 Å². The number of rotatable bonds is 4. The molecule has 20 heavy (non-hydrogen) atoms. The second-order valence-corrected chi connectivity index (χ2v) is 5.26. The molecular weight excluding hydrogens is 266 g/mol. The van der Waals surface area contributed by atoms with E-state index < -0.39 is 17.6 Å². The van der Waals surface area contributed by atoms with Crippen molar-refractivity contribution in [1.29, 1.82) is 0 Å². The van der Waals surface area contributed by atoms with Crippen molar-refractivity contribution in [2.45, 2.75) is 32.2 Å². The highest BCUT2D eigenvalue weighted by Gasteiger charge is 2.23. The number of imidazole rings is 1. The van der Waals surface area contributed by atoms with E-state index in [1.54, 1.807) is 0 Å². The SMILES string of the molecule is O=C(O)Cn1c(CC2CCC2)nc2cc(F)c(F)cc21. The van der Waals surface area contributed by atoms with E-state index in [9.17, 15) is 13.6 Å². The number of carbonyl (C=O) groups is 1. The van der Waals surface area contributed by atoms with E-state index in [1.807, 2.05) is 0 Å². The Hall–Kier alpha value is -1.98. The highest BCUT2D eigenvalue weighted by Crippen LogP contribution is 2.31. The van der Waals surface area contributed by atoms with E-state index in [0.717, 1.165) is 25.0 Å². The second-order valence-electron chi connectivity index (χ2n) is 5.26. The number of carboxylic acids is 1. The van der Waals surface area contributed by atoms with Crippen LogP contribution in [0.2, 0.25) is 0 Å². The van der Waals surface area contributed by atoms with Gasteiger partial charge in [-0.1, -0.05) is 19.3 Å². The quantitative estimate of drug-likeness (QED) is 0.937. The lowest BCUT2D eigenvalue weighted by Crippen LogP contribution is -2.19. The van der Waals surface area contributed by atoms with Crippen molar-refractivity contribution in [1.82, 2.24) is 9.55 Å². The van der Waals surface area contributed by atoms with Crippen LogP contribution in [0.15, 0.2) is 12.1 Å². The van der Waals surface area contributed by atoms with Gasteiger partial charge in [0.25, 0.3) is 0 Å². The van der Waals surface area contributed by atoms with Gasteiger partial charge in [0.05, 0.1) is 11.0 Å². The third-order valence-corrected chi connectivity index (χ3v) is 3.86. The van der Waals surface area contributed by atoms with Gasteiger partial charge >= 0.3 is 5.97 Å². The standard InChI is InChI=1S/C14H14F2N2O2/c15-9-5-11-12(6-10(9)16)18(7-14(19)20)13(17-11)4-8-2-1-3-8/h5-6,8H,1-4,7H2,(H,19,20). The van der Waals surface area contributed by atoms with E-state index in [4.69, 9.17) is 5.11 Å². The molecule has 0 bridgehead atoms. The van der Waals surface area contributed by atoms with E-state index in [1.165, 1.54) is 11.0 Å². The monoisotopic (exact) mass is 280 g/mol. The molecule has 0 spiro atoms. The zero-order valence-corrected chi connectivity index (χ0v) is 10.8. The van der Waals surface area contributed by atoms with Crippen molar-refractivity contribution >= 4 is 17.0 Å². The molecule has 1 aliphatic rings. The van der Waals surface area contributed by atoms with Crippen molar-refractivity contribution < 1.29 is 18.7 Å². The van der Waals surface area contributed by atoms with Gasteiger partial charge in [-0.2, -0.15) is 0 Å². The number of nitrogens with zero attached hydrogens (tertiary/aromatic N) is 2. The molecule has 1 N–H and O–H groups in total. The molecule has 1 saturated carbocycles. The summed E-state index contributed by atoms with van der Waals surface area (Å²) in [4.78, 5) is 15.2. The first-order chi connectivity index (χ1) is 9.54. The fourth-order valence-electron chi connectivity index (χ4n) is 2.59. The first kappa shape index (κ1) is 13.0. The van der Waals surface area contributed by atoms with Gasteiger partial charge < -0.3 is 9.67 Å². The van der Waals surface area contributed by atoms with Gasteiger partial charge in [0.1, 0.15) is 12.4 Å². The molecule has 1 aliphatic carbocycles. The molecule has 6 heteroatoms. The maximum atomic E-state index is 13.4. The average molecular weight is 280 g/mol. The van der Waals surface area contributed by atoms with Crippen LogP contribution < -0.4 is 0 Å². The van der Waals surface area contributed by atoms with Crippen LogP contribution in [-0.4, -0.2) is 20.6 Å². The number of aliphatic carboxylic acids is 1. The molecule has 1 fully saturated rings. The third kappa shape index (κ3) is 2.26. The summed E-state index contributed by atoms with van der Waals surface area (Å²) in [5.74, 6) is -1.89. The largest absolute Gasteiger partial charge is 0.480 e. The topological polar surface area (TPSA) is 55.1 Å². The molecule has 106 valence electrons. The van der Waals surface area contributed by atoms with Gasteiger partial charge in [-0.3, -0.25) is 4.79 Å².